The van der Waals surface area contributed by atoms with Crippen molar-refractivity contribution in [3.63, 3.8) is 0 Å². The van der Waals surface area contributed by atoms with E-state index in [1.807, 2.05) is 13.8 Å². The van der Waals surface area contributed by atoms with Crippen molar-refractivity contribution in [2.45, 2.75) is 33.5 Å². The van der Waals surface area contributed by atoms with Gasteiger partial charge < -0.3 is 32.5 Å². The molecule has 0 atom stereocenters. The summed E-state index contributed by atoms with van der Waals surface area (Å²) in [6, 6.07) is 10.0. The third-order valence-electron chi connectivity index (χ3n) is 6.23. The Bertz CT molecular complexity index is 1040. The minimum atomic E-state index is -0.0260. The summed E-state index contributed by atoms with van der Waals surface area (Å²) < 4.78 is 0. The van der Waals surface area contributed by atoms with Gasteiger partial charge in [-0.25, -0.2) is 15.0 Å². The predicted molar refractivity (Wildman–Crippen MR) is 148 cm³/mol. The van der Waals surface area contributed by atoms with Crippen LogP contribution < -0.4 is 17.2 Å². The highest BCUT2D eigenvalue weighted by Gasteiger charge is 2.19. The smallest absolute Gasteiger partial charge is 0.166 e. The van der Waals surface area contributed by atoms with Crippen molar-refractivity contribution in [3.8, 4) is 17.2 Å². The van der Waals surface area contributed by atoms with Gasteiger partial charge in [0.1, 0.15) is 0 Å². The minimum Gasteiger partial charge on any atom is -0.504 e. The number of rotatable bonds is 6. The summed E-state index contributed by atoms with van der Waals surface area (Å²) in [4.78, 5) is 19.8. The molecule has 1 fully saturated rings. The molecule has 12 heteroatoms. The van der Waals surface area contributed by atoms with E-state index in [4.69, 9.17) is 17.2 Å². The van der Waals surface area contributed by atoms with E-state index < -0.39 is 0 Å². The zero-order valence-electron chi connectivity index (χ0n) is 22.1. The van der Waals surface area contributed by atoms with Crippen LogP contribution in [-0.4, -0.2) is 84.2 Å². The predicted octanol–water partition coefficient (Wildman–Crippen LogP) is 1.58. The fraction of sp³-hybridized carbons (Fsp3) is 0.423. The van der Waals surface area contributed by atoms with Crippen molar-refractivity contribution < 1.29 is 15.3 Å². The van der Waals surface area contributed by atoms with Gasteiger partial charge in [-0.1, -0.05) is 13.8 Å². The first kappa shape index (κ1) is 28.7. The average Bonchev–Trinajstić information content (AvgIpc) is 2.99. The first-order valence-electron chi connectivity index (χ1n) is 12.8. The first-order valence-corrected chi connectivity index (χ1v) is 12.8. The molecule has 0 aromatic carbocycles. The van der Waals surface area contributed by atoms with E-state index in [-0.39, 0.29) is 34.7 Å². The van der Waals surface area contributed by atoms with Crippen molar-refractivity contribution in [2.75, 3.05) is 56.5 Å². The van der Waals surface area contributed by atoms with E-state index in [9.17, 15) is 15.3 Å². The molecule has 0 saturated carbocycles. The summed E-state index contributed by atoms with van der Waals surface area (Å²) in [5.41, 5.74) is 19.7. The summed E-state index contributed by atoms with van der Waals surface area (Å²) in [6.45, 7) is 10.5. The lowest BCUT2D eigenvalue weighted by molar-refractivity contribution is 0.207. The second kappa shape index (κ2) is 13.6. The lowest BCUT2D eigenvalue weighted by Gasteiger charge is -2.25. The van der Waals surface area contributed by atoms with Crippen molar-refractivity contribution in [1.29, 1.82) is 0 Å². The van der Waals surface area contributed by atoms with Crippen molar-refractivity contribution in [2.24, 2.45) is 0 Å². The van der Waals surface area contributed by atoms with Crippen LogP contribution in [0.1, 0.15) is 30.9 Å². The maximum absolute atomic E-state index is 9.72. The lowest BCUT2D eigenvalue weighted by Crippen LogP contribution is -2.35. The normalized spacial score (nSPS) is 15.6. The molecule has 0 amide bonds. The lowest BCUT2D eigenvalue weighted by atomic mass is 10.3. The molecule has 1 saturated heterocycles. The van der Waals surface area contributed by atoms with Crippen LogP contribution in [0.4, 0.5) is 17.5 Å². The third kappa shape index (κ3) is 8.07. The van der Waals surface area contributed by atoms with Crippen LogP contribution >= 0.6 is 0 Å². The second-order valence-electron chi connectivity index (χ2n) is 8.95. The molecule has 4 rings (SSSR count). The summed E-state index contributed by atoms with van der Waals surface area (Å²) in [6.07, 6.45) is 0. The van der Waals surface area contributed by atoms with E-state index in [0.29, 0.717) is 19.6 Å². The number of nitrogen functional groups attached to an aromatic ring is 3. The monoisotopic (exact) mass is 525 g/mol. The molecule has 0 spiro atoms. The van der Waals surface area contributed by atoms with Gasteiger partial charge in [-0.2, -0.15) is 0 Å². The second-order valence-corrected chi connectivity index (χ2v) is 8.95. The molecule has 3 aromatic rings. The Hall–Kier alpha value is -3.87. The van der Waals surface area contributed by atoms with Crippen LogP contribution in [0.3, 0.4) is 0 Å². The van der Waals surface area contributed by atoms with Gasteiger partial charge in [-0.05, 0) is 36.4 Å². The van der Waals surface area contributed by atoms with Gasteiger partial charge in [0.15, 0.2) is 34.7 Å². The number of hydrogen-bond donors (Lipinski definition) is 6. The van der Waals surface area contributed by atoms with Crippen molar-refractivity contribution in [3.05, 3.63) is 53.5 Å². The van der Waals surface area contributed by atoms with Gasteiger partial charge in [0.2, 0.25) is 0 Å². The zero-order chi connectivity index (χ0) is 27.7. The van der Waals surface area contributed by atoms with Crippen LogP contribution in [0.15, 0.2) is 36.4 Å². The van der Waals surface area contributed by atoms with E-state index in [2.05, 4.69) is 29.7 Å². The molecule has 0 radical (unpaired) electrons. The molecular weight excluding hydrogens is 486 g/mol. The molecule has 1 aliphatic heterocycles. The van der Waals surface area contributed by atoms with E-state index in [0.717, 1.165) is 56.4 Å². The Morgan fingerprint density at radius 3 is 0.974 bits per heavy atom. The Labute approximate surface area is 223 Å². The van der Waals surface area contributed by atoms with Crippen molar-refractivity contribution in [1.82, 2.24) is 29.7 Å². The Kier molecular flexibility index (Phi) is 10.3. The summed E-state index contributed by atoms with van der Waals surface area (Å²) in [5, 5.41) is 29.1. The van der Waals surface area contributed by atoms with Gasteiger partial charge >= 0.3 is 0 Å². The SMILES string of the molecule is CC.Nc1nc(CN2CCN(Cc3ccc(O)c(N)n3)CCN(Cc3ccc(O)c(N)n3)CC2)ccc1O. The largest absolute Gasteiger partial charge is 0.504 e. The molecule has 38 heavy (non-hydrogen) atoms. The van der Waals surface area contributed by atoms with E-state index in [1.54, 1.807) is 36.4 Å². The molecule has 4 heterocycles. The Morgan fingerprint density at radius 2 is 0.763 bits per heavy atom. The van der Waals surface area contributed by atoms with Crippen LogP contribution in [0.25, 0.3) is 0 Å². The van der Waals surface area contributed by atoms with E-state index in [1.165, 1.54) is 0 Å². The zero-order valence-corrected chi connectivity index (χ0v) is 22.1. The topological polar surface area (TPSA) is 187 Å². The fourth-order valence-electron chi connectivity index (χ4n) is 4.14. The van der Waals surface area contributed by atoms with Crippen LogP contribution in [0.2, 0.25) is 0 Å². The number of hydrogen-bond acceptors (Lipinski definition) is 12. The summed E-state index contributed by atoms with van der Waals surface area (Å²) in [7, 11) is 0. The molecule has 0 unspecified atom stereocenters. The number of aromatic nitrogens is 3. The van der Waals surface area contributed by atoms with Gasteiger partial charge in [-0.3, -0.25) is 14.7 Å². The average molecular weight is 526 g/mol. The Balaban J connectivity index is 0.00000195. The third-order valence-corrected chi connectivity index (χ3v) is 6.23. The van der Waals surface area contributed by atoms with Gasteiger partial charge in [0, 0.05) is 58.9 Å². The molecule has 1 aliphatic rings. The van der Waals surface area contributed by atoms with Gasteiger partial charge in [0.05, 0.1) is 17.1 Å². The maximum Gasteiger partial charge on any atom is 0.166 e. The first-order chi connectivity index (χ1) is 18.3. The van der Waals surface area contributed by atoms with Crippen molar-refractivity contribution >= 4 is 17.5 Å². The number of nitrogens with two attached hydrogens (primary N) is 3. The molecule has 12 nitrogen and oxygen atoms in total. The molecule has 206 valence electrons. The quantitative estimate of drug-likeness (QED) is 0.273. The molecule has 9 N–H and O–H groups in total. The molecular formula is C26H39N9O3. The van der Waals surface area contributed by atoms with Gasteiger partial charge in [-0.15, -0.1) is 0 Å². The molecule has 0 bridgehead atoms. The van der Waals surface area contributed by atoms with Crippen LogP contribution in [0.5, 0.6) is 17.2 Å². The number of anilines is 3. The van der Waals surface area contributed by atoms with Crippen LogP contribution in [-0.2, 0) is 19.6 Å². The minimum absolute atomic E-state index is 0.0260. The molecule has 0 aliphatic carbocycles. The standard InChI is InChI=1S/C24H33N9O3.C2H6/c25-22-19(34)4-1-16(28-22)13-31-7-9-32(14-17-2-5-20(35)23(26)29-17)11-12-33(10-8-31)15-18-3-6-21(36)24(27)30-18;1-2/h1-6,34-36H,7-15H2,(H2,25,28)(H2,26,29)(H2,27,30);1-2H3. The summed E-state index contributed by atoms with van der Waals surface area (Å²) >= 11 is 0. The van der Waals surface area contributed by atoms with E-state index >= 15 is 0 Å². The highest BCUT2D eigenvalue weighted by Crippen LogP contribution is 2.20. The van der Waals surface area contributed by atoms with Gasteiger partial charge in [0.25, 0.3) is 0 Å². The number of pyridine rings is 3. The highest BCUT2D eigenvalue weighted by molar-refractivity contribution is 5.46. The fourth-order valence-corrected chi connectivity index (χ4v) is 4.14. The number of nitrogens with zero attached hydrogens (tertiary/aromatic N) is 6. The molecule has 3 aromatic heterocycles. The maximum atomic E-state index is 9.72. The Morgan fingerprint density at radius 1 is 0.526 bits per heavy atom. The number of aromatic hydroxyl groups is 3. The van der Waals surface area contributed by atoms with Crippen LogP contribution in [0, 0.1) is 0 Å². The summed E-state index contributed by atoms with van der Waals surface area (Å²) in [5.74, 6) is 0.275. The highest BCUT2D eigenvalue weighted by atomic mass is 16.3.